The molecule has 1 rings (SSSR count). The van der Waals surface area contributed by atoms with Crippen molar-refractivity contribution in [3.05, 3.63) is 21.4 Å². The SMILES string of the molecule is CCOC(C)CNCc1cc(C)sc1C. The molecule has 15 heavy (non-hydrogen) atoms. The molecule has 0 aliphatic rings. The summed E-state index contributed by atoms with van der Waals surface area (Å²) >= 11 is 1.87. The van der Waals surface area contributed by atoms with Crippen LogP contribution in [0.4, 0.5) is 0 Å². The van der Waals surface area contributed by atoms with Gasteiger partial charge in [0, 0.05) is 29.5 Å². The van der Waals surface area contributed by atoms with Crippen LogP contribution in [-0.4, -0.2) is 19.3 Å². The third-order valence-electron chi connectivity index (χ3n) is 2.34. The van der Waals surface area contributed by atoms with E-state index in [9.17, 15) is 0 Å². The van der Waals surface area contributed by atoms with Crippen molar-refractivity contribution in [1.29, 1.82) is 0 Å². The number of thiophene rings is 1. The summed E-state index contributed by atoms with van der Waals surface area (Å²) in [5.74, 6) is 0. The summed E-state index contributed by atoms with van der Waals surface area (Å²) in [4.78, 5) is 2.81. The normalized spacial score (nSPS) is 13.1. The lowest BCUT2D eigenvalue weighted by molar-refractivity contribution is 0.0759. The van der Waals surface area contributed by atoms with Crippen molar-refractivity contribution in [2.45, 2.75) is 40.3 Å². The molecule has 1 atom stereocenters. The van der Waals surface area contributed by atoms with E-state index < -0.39 is 0 Å². The van der Waals surface area contributed by atoms with Crippen molar-refractivity contribution in [2.24, 2.45) is 0 Å². The molecule has 0 radical (unpaired) electrons. The zero-order chi connectivity index (χ0) is 11.3. The Morgan fingerprint density at radius 3 is 2.73 bits per heavy atom. The monoisotopic (exact) mass is 227 g/mol. The molecule has 0 aromatic carbocycles. The van der Waals surface area contributed by atoms with Crippen LogP contribution in [0.3, 0.4) is 0 Å². The number of hydrogen-bond acceptors (Lipinski definition) is 3. The molecule has 0 aliphatic carbocycles. The van der Waals surface area contributed by atoms with E-state index in [-0.39, 0.29) is 0 Å². The molecule has 0 amide bonds. The standard InChI is InChI=1S/C12H21NOS/c1-5-14-9(2)7-13-8-12-6-10(3)15-11(12)4/h6,9,13H,5,7-8H2,1-4H3. The van der Waals surface area contributed by atoms with Crippen molar-refractivity contribution in [1.82, 2.24) is 5.32 Å². The van der Waals surface area contributed by atoms with Crippen LogP contribution < -0.4 is 5.32 Å². The van der Waals surface area contributed by atoms with E-state index in [1.165, 1.54) is 15.3 Å². The zero-order valence-corrected chi connectivity index (χ0v) is 10.9. The molecule has 0 bridgehead atoms. The van der Waals surface area contributed by atoms with E-state index >= 15 is 0 Å². The van der Waals surface area contributed by atoms with Crippen LogP contribution in [0.25, 0.3) is 0 Å². The predicted molar refractivity (Wildman–Crippen MR) is 66.6 cm³/mol. The Morgan fingerprint density at radius 1 is 1.47 bits per heavy atom. The highest BCUT2D eigenvalue weighted by atomic mass is 32.1. The minimum absolute atomic E-state index is 0.301. The fourth-order valence-electron chi connectivity index (χ4n) is 1.61. The first-order valence-electron chi connectivity index (χ1n) is 5.51. The molecule has 0 fully saturated rings. The van der Waals surface area contributed by atoms with Crippen LogP contribution in [0.5, 0.6) is 0 Å². The lowest BCUT2D eigenvalue weighted by Gasteiger charge is -2.12. The highest BCUT2D eigenvalue weighted by molar-refractivity contribution is 7.12. The van der Waals surface area contributed by atoms with Gasteiger partial charge in [-0.3, -0.25) is 0 Å². The average Bonchev–Trinajstić information content (AvgIpc) is 2.46. The van der Waals surface area contributed by atoms with E-state index in [1.54, 1.807) is 0 Å². The van der Waals surface area contributed by atoms with Crippen LogP contribution in [0.2, 0.25) is 0 Å². The van der Waals surface area contributed by atoms with E-state index in [2.05, 4.69) is 32.2 Å². The Morgan fingerprint density at radius 2 is 2.20 bits per heavy atom. The highest BCUT2D eigenvalue weighted by Crippen LogP contribution is 2.20. The third kappa shape index (κ3) is 4.33. The van der Waals surface area contributed by atoms with Gasteiger partial charge in [0.1, 0.15) is 0 Å². The molecule has 1 N–H and O–H groups in total. The molecule has 1 aromatic rings. The van der Waals surface area contributed by atoms with Crippen molar-refractivity contribution < 1.29 is 4.74 Å². The Bertz CT molecular complexity index is 296. The Labute approximate surface area is 96.7 Å². The Kier molecular flexibility index (Phi) is 5.29. The molecule has 86 valence electrons. The van der Waals surface area contributed by atoms with Gasteiger partial charge in [0.15, 0.2) is 0 Å². The molecule has 1 aromatic heterocycles. The summed E-state index contributed by atoms with van der Waals surface area (Å²) in [6.07, 6.45) is 0.301. The second-order valence-corrected chi connectivity index (χ2v) is 5.30. The van der Waals surface area contributed by atoms with Crippen LogP contribution in [0, 0.1) is 13.8 Å². The molecular weight excluding hydrogens is 206 g/mol. The second kappa shape index (κ2) is 6.26. The van der Waals surface area contributed by atoms with Gasteiger partial charge >= 0.3 is 0 Å². The van der Waals surface area contributed by atoms with Gasteiger partial charge < -0.3 is 10.1 Å². The summed E-state index contributed by atoms with van der Waals surface area (Å²) in [6, 6.07) is 2.26. The maximum absolute atomic E-state index is 5.46. The van der Waals surface area contributed by atoms with Crippen LogP contribution in [0.1, 0.15) is 29.2 Å². The molecular formula is C12H21NOS. The zero-order valence-electron chi connectivity index (χ0n) is 10.1. The van der Waals surface area contributed by atoms with Gasteiger partial charge in [0.25, 0.3) is 0 Å². The molecule has 3 heteroatoms. The molecule has 0 aliphatic heterocycles. The van der Waals surface area contributed by atoms with E-state index in [0.717, 1.165) is 19.7 Å². The molecule has 2 nitrogen and oxygen atoms in total. The highest BCUT2D eigenvalue weighted by Gasteiger charge is 2.04. The minimum Gasteiger partial charge on any atom is -0.377 e. The van der Waals surface area contributed by atoms with Crippen molar-refractivity contribution in [3.8, 4) is 0 Å². The van der Waals surface area contributed by atoms with Gasteiger partial charge in [-0.05, 0) is 39.3 Å². The molecule has 0 saturated carbocycles. The molecule has 0 saturated heterocycles. The third-order valence-corrected chi connectivity index (χ3v) is 3.35. The smallest absolute Gasteiger partial charge is 0.0671 e. The summed E-state index contributed by atoms with van der Waals surface area (Å²) in [5, 5.41) is 3.42. The van der Waals surface area contributed by atoms with Crippen LogP contribution >= 0.6 is 11.3 Å². The van der Waals surface area contributed by atoms with Crippen molar-refractivity contribution >= 4 is 11.3 Å². The first-order chi connectivity index (χ1) is 7.13. The summed E-state index contributed by atoms with van der Waals surface area (Å²) in [5.41, 5.74) is 1.42. The maximum atomic E-state index is 5.46. The number of hydrogen-bond donors (Lipinski definition) is 1. The fourth-order valence-corrected chi connectivity index (χ4v) is 2.56. The summed E-state index contributed by atoms with van der Waals surface area (Å²) in [7, 11) is 0. The Balaban J connectivity index is 2.28. The largest absolute Gasteiger partial charge is 0.377 e. The van der Waals surface area contributed by atoms with Crippen molar-refractivity contribution in [2.75, 3.05) is 13.2 Å². The predicted octanol–water partition coefficient (Wildman–Crippen LogP) is 2.88. The van der Waals surface area contributed by atoms with E-state index in [1.807, 2.05) is 18.3 Å². The van der Waals surface area contributed by atoms with Crippen LogP contribution in [-0.2, 0) is 11.3 Å². The number of rotatable bonds is 6. The average molecular weight is 227 g/mol. The Hall–Kier alpha value is -0.380. The quantitative estimate of drug-likeness (QED) is 0.807. The molecule has 1 heterocycles. The molecule has 0 spiro atoms. The number of aryl methyl sites for hydroxylation is 2. The van der Waals surface area contributed by atoms with Crippen molar-refractivity contribution in [3.63, 3.8) is 0 Å². The van der Waals surface area contributed by atoms with Gasteiger partial charge in [-0.25, -0.2) is 0 Å². The topological polar surface area (TPSA) is 21.3 Å². The number of nitrogens with one attached hydrogen (secondary N) is 1. The second-order valence-electron chi connectivity index (χ2n) is 3.84. The maximum Gasteiger partial charge on any atom is 0.0671 e. The summed E-state index contributed by atoms with van der Waals surface area (Å²) in [6.45, 7) is 11.1. The van der Waals surface area contributed by atoms with Gasteiger partial charge in [0.05, 0.1) is 6.10 Å². The lowest BCUT2D eigenvalue weighted by Crippen LogP contribution is -2.26. The minimum atomic E-state index is 0.301. The first-order valence-corrected chi connectivity index (χ1v) is 6.33. The van der Waals surface area contributed by atoms with Crippen LogP contribution in [0.15, 0.2) is 6.07 Å². The molecule has 1 unspecified atom stereocenters. The van der Waals surface area contributed by atoms with E-state index in [0.29, 0.717) is 6.10 Å². The van der Waals surface area contributed by atoms with Gasteiger partial charge in [-0.15, -0.1) is 11.3 Å². The van der Waals surface area contributed by atoms with E-state index in [4.69, 9.17) is 4.74 Å². The van der Waals surface area contributed by atoms with Gasteiger partial charge in [0.2, 0.25) is 0 Å². The van der Waals surface area contributed by atoms with Gasteiger partial charge in [-0.1, -0.05) is 0 Å². The number of ether oxygens (including phenoxy) is 1. The first kappa shape index (κ1) is 12.7. The van der Waals surface area contributed by atoms with Gasteiger partial charge in [-0.2, -0.15) is 0 Å². The lowest BCUT2D eigenvalue weighted by atomic mass is 10.2. The summed E-state index contributed by atoms with van der Waals surface area (Å²) < 4.78 is 5.46. The fraction of sp³-hybridized carbons (Fsp3) is 0.667.